The highest BCUT2D eigenvalue weighted by molar-refractivity contribution is 5.85. The molecule has 2 fully saturated rings. The normalized spacial score (nSPS) is 23.0. The molecule has 2 aromatic carbocycles. The number of carbonyl (C=O) groups excluding carboxylic acids is 2. The van der Waals surface area contributed by atoms with Crippen molar-refractivity contribution in [1.82, 2.24) is 10.2 Å². The van der Waals surface area contributed by atoms with Crippen molar-refractivity contribution >= 4 is 18.0 Å². The Bertz CT molecular complexity index is 1040. The van der Waals surface area contributed by atoms with Crippen LogP contribution in [0.15, 0.2) is 48.5 Å². The van der Waals surface area contributed by atoms with Crippen molar-refractivity contribution < 1.29 is 29.0 Å². The van der Waals surface area contributed by atoms with Gasteiger partial charge in [-0.05, 0) is 28.7 Å². The minimum absolute atomic E-state index is 0.0111. The number of nitrogens with one attached hydrogen (secondary N) is 1. The Morgan fingerprint density at radius 3 is 2.39 bits per heavy atom. The lowest BCUT2D eigenvalue weighted by Gasteiger charge is -2.26. The highest BCUT2D eigenvalue weighted by Gasteiger charge is 2.49. The molecule has 0 spiro atoms. The number of likely N-dealkylation sites (tertiary alicyclic amines) is 1. The van der Waals surface area contributed by atoms with Crippen molar-refractivity contribution in [2.45, 2.75) is 43.4 Å². The minimum atomic E-state index is -1.02. The van der Waals surface area contributed by atoms with Gasteiger partial charge in [-0.3, -0.25) is 4.79 Å². The molecule has 33 heavy (non-hydrogen) atoms. The third-order valence-electron chi connectivity index (χ3n) is 6.85. The molecule has 2 saturated heterocycles. The number of hydrogen-bond acceptors (Lipinski definition) is 5. The molecule has 2 amide bonds. The maximum absolute atomic E-state index is 12.7. The Morgan fingerprint density at radius 2 is 1.73 bits per heavy atom. The molecule has 2 aliphatic heterocycles. The number of carboxylic acids is 1. The van der Waals surface area contributed by atoms with Crippen LogP contribution in [0.2, 0.25) is 0 Å². The van der Waals surface area contributed by atoms with Gasteiger partial charge in [0.15, 0.2) is 0 Å². The Labute approximate surface area is 191 Å². The molecule has 0 aromatic heterocycles. The maximum atomic E-state index is 12.7. The number of rotatable bonds is 6. The van der Waals surface area contributed by atoms with E-state index in [-0.39, 0.29) is 43.5 Å². The molecule has 3 aliphatic rings. The van der Waals surface area contributed by atoms with Crippen molar-refractivity contribution in [3.63, 3.8) is 0 Å². The van der Waals surface area contributed by atoms with Gasteiger partial charge >= 0.3 is 12.1 Å². The topological polar surface area (TPSA) is 105 Å². The van der Waals surface area contributed by atoms with Crippen molar-refractivity contribution in [2.24, 2.45) is 0 Å². The van der Waals surface area contributed by atoms with Crippen LogP contribution in [-0.2, 0) is 19.1 Å². The van der Waals surface area contributed by atoms with Crippen molar-refractivity contribution in [2.75, 3.05) is 19.8 Å². The summed E-state index contributed by atoms with van der Waals surface area (Å²) >= 11 is 0. The second-order valence-corrected chi connectivity index (χ2v) is 8.66. The van der Waals surface area contributed by atoms with Gasteiger partial charge in [0.05, 0.1) is 12.1 Å². The first kappa shape index (κ1) is 21.5. The number of carboxylic acid groups (broad SMARTS) is 1. The highest BCUT2D eigenvalue weighted by Crippen LogP contribution is 2.44. The molecule has 0 saturated carbocycles. The largest absolute Gasteiger partial charge is 0.480 e. The summed E-state index contributed by atoms with van der Waals surface area (Å²) in [7, 11) is 0. The van der Waals surface area contributed by atoms with Gasteiger partial charge < -0.3 is 24.8 Å². The molecule has 2 heterocycles. The van der Waals surface area contributed by atoms with Gasteiger partial charge in [0, 0.05) is 31.9 Å². The molecular weight excluding hydrogens is 424 g/mol. The summed E-state index contributed by atoms with van der Waals surface area (Å²) in [6, 6.07) is 15.1. The van der Waals surface area contributed by atoms with Gasteiger partial charge in [-0.15, -0.1) is 0 Å². The number of aliphatic carboxylic acids is 1. The zero-order valence-corrected chi connectivity index (χ0v) is 18.1. The first-order valence-corrected chi connectivity index (χ1v) is 11.3. The van der Waals surface area contributed by atoms with Crippen LogP contribution >= 0.6 is 0 Å². The number of carbonyl (C=O) groups is 3. The monoisotopic (exact) mass is 450 g/mol. The molecular formula is C25H26N2O6. The number of fused-ring (bicyclic) bond motifs is 4. The van der Waals surface area contributed by atoms with E-state index in [2.05, 4.69) is 29.6 Å². The van der Waals surface area contributed by atoms with Crippen LogP contribution in [0.3, 0.4) is 0 Å². The number of nitrogens with zero attached hydrogens (tertiary/aromatic N) is 1. The Kier molecular flexibility index (Phi) is 5.76. The van der Waals surface area contributed by atoms with Gasteiger partial charge in [0.25, 0.3) is 0 Å². The summed E-state index contributed by atoms with van der Waals surface area (Å²) in [5.41, 5.74) is 4.56. The molecule has 0 bridgehead atoms. The van der Waals surface area contributed by atoms with E-state index in [9.17, 15) is 19.5 Å². The van der Waals surface area contributed by atoms with E-state index in [1.54, 1.807) is 0 Å². The summed E-state index contributed by atoms with van der Waals surface area (Å²) in [5, 5.41) is 12.1. The Balaban J connectivity index is 1.14. The van der Waals surface area contributed by atoms with Crippen molar-refractivity contribution in [3.05, 3.63) is 59.7 Å². The lowest BCUT2D eigenvalue weighted by molar-refractivity contribution is -0.149. The minimum Gasteiger partial charge on any atom is -0.480 e. The Hall–Kier alpha value is -3.39. The summed E-state index contributed by atoms with van der Waals surface area (Å²) in [5.74, 6) is -1.35. The third-order valence-corrected chi connectivity index (χ3v) is 6.85. The van der Waals surface area contributed by atoms with Gasteiger partial charge in [0.2, 0.25) is 5.91 Å². The van der Waals surface area contributed by atoms with Crippen LogP contribution in [0.1, 0.15) is 36.3 Å². The SMILES string of the molecule is O=C(NCCC(=O)N1C(C(=O)O)CC2OCCC21)OCC1c2ccccc2-c2ccccc21. The van der Waals surface area contributed by atoms with Crippen LogP contribution in [0, 0.1) is 0 Å². The zero-order chi connectivity index (χ0) is 22.9. The quantitative estimate of drug-likeness (QED) is 0.701. The van der Waals surface area contributed by atoms with E-state index in [4.69, 9.17) is 9.47 Å². The predicted octanol–water partition coefficient (Wildman–Crippen LogP) is 2.76. The smallest absolute Gasteiger partial charge is 0.407 e. The van der Waals surface area contributed by atoms with Crippen molar-refractivity contribution in [1.29, 1.82) is 0 Å². The second-order valence-electron chi connectivity index (χ2n) is 8.66. The fraction of sp³-hybridized carbons (Fsp3) is 0.400. The molecule has 5 rings (SSSR count). The highest BCUT2D eigenvalue weighted by atomic mass is 16.5. The van der Waals surface area contributed by atoms with Gasteiger partial charge in [-0.1, -0.05) is 48.5 Å². The second kappa shape index (κ2) is 8.86. The van der Waals surface area contributed by atoms with E-state index in [0.717, 1.165) is 22.3 Å². The molecule has 2 aromatic rings. The van der Waals surface area contributed by atoms with E-state index < -0.39 is 18.1 Å². The predicted molar refractivity (Wildman–Crippen MR) is 119 cm³/mol. The first-order valence-electron chi connectivity index (χ1n) is 11.3. The molecule has 8 heteroatoms. The van der Waals surface area contributed by atoms with Gasteiger partial charge in [-0.2, -0.15) is 0 Å². The van der Waals surface area contributed by atoms with E-state index in [0.29, 0.717) is 19.4 Å². The zero-order valence-electron chi connectivity index (χ0n) is 18.1. The van der Waals surface area contributed by atoms with Crippen LogP contribution in [0.25, 0.3) is 11.1 Å². The van der Waals surface area contributed by atoms with Crippen LogP contribution in [0.5, 0.6) is 0 Å². The summed E-state index contributed by atoms with van der Waals surface area (Å²) in [6.07, 6.45) is 0.149. The lowest BCUT2D eigenvalue weighted by Crippen LogP contribution is -2.46. The van der Waals surface area contributed by atoms with E-state index in [1.165, 1.54) is 4.90 Å². The number of hydrogen-bond donors (Lipinski definition) is 2. The fourth-order valence-electron chi connectivity index (χ4n) is 5.37. The van der Waals surface area contributed by atoms with Crippen molar-refractivity contribution in [3.8, 4) is 11.1 Å². The molecule has 8 nitrogen and oxygen atoms in total. The van der Waals surface area contributed by atoms with Crippen LogP contribution in [0.4, 0.5) is 4.79 Å². The summed E-state index contributed by atoms with van der Waals surface area (Å²) in [6.45, 7) is 0.808. The fourth-order valence-corrected chi connectivity index (χ4v) is 5.37. The van der Waals surface area contributed by atoms with E-state index in [1.807, 2.05) is 24.3 Å². The average molecular weight is 450 g/mol. The summed E-state index contributed by atoms with van der Waals surface area (Å²) in [4.78, 5) is 38.1. The molecule has 3 atom stereocenters. The first-order chi connectivity index (χ1) is 16.0. The van der Waals surface area contributed by atoms with Crippen LogP contribution in [-0.4, -0.2) is 65.9 Å². The van der Waals surface area contributed by atoms with Crippen LogP contribution < -0.4 is 5.32 Å². The molecule has 0 radical (unpaired) electrons. The average Bonchev–Trinajstić information content (AvgIpc) is 3.49. The number of benzene rings is 2. The third kappa shape index (κ3) is 3.95. The number of amides is 2. The van der Waals surface area contributed by atoms with Gasteiger partial charge in [0.1, 0.15) is 12.6 Å². The lowest BCUT2D eigenvalue weighted by atomic mass is 9.98. The van der Waals surface area contributed by atoms with E-state index >= 15 is 0 Å². The number of alkyl carbamates (subject to hydrolysis) is 1. The Morgan fingerprint density at radius 1 is 1.06 bits per heavy atom. The van der Waals surface area contributed by atoms with Gasteiger partial charge in [-0.25, -0.2) is 9.59 Å². The number of ether oxygens (including phenoxy) is 2. The molecule has 2 N–H and O–H groups in total. The maximum Gasteiger partial charge on any atom is 0.407 e. The molecule has 1 aliphatic carbocycles. The molecule has 172 valence electrons. The molecule has 3 unspecified atom stereocenters. The standard InChI is InChI=1S/C25H26N2O6/c28-23(27-20-10-12-32-22(20)13-21(27)24(29)30)9-11-26-25(31)33-14-19-17-7-3-1-5-15(17)16-6-2-4-8-18(16)19/h1-8,19-22H,9-14H2,(H,26,31)(H,29,30). The summed E-state index contributed by atoms with van der Waals surface area (Å²) < 4.78 is 11.1.